The van der Waals surface area contributed by atoms with Gasteiger partial charge in [-0.15, -0.1) is 0 Å². The number of likely N-dealkylation sites (tertiary alicyclic amines) is 1. The monoisotopic (exact) mass is 403 g/mol. The van der Waals surface area contributed by atoms with Crippen LogP contribution in [0.5, 0.6) is 5.75 Å². The molecule has 3 rings (SSSR count). The van der Waals surface area contributed by atoms with Crippen molar-refractivity contribution in [3.8, 4) is 5.75 Å². The number of anilines is 1. The van der Waals surface area contributed by atoms with Crippen LogP contribution in [0.1, 0.15) is 25.7 Å². The third kappa shape index (κ3) is 6.35. The Bertz CT molecular complexity index is 735. The van der Waals surface area contributed by atoms with Gasteiger partial charge in [-0.3, -0.25) is 9.59 Å². The zero-order valence-corrected chi connectivity index (χ0v) is 16.5. The second-order valence-corrected chi connectivity index (χ2v) is 7.56. The van der Waals surface area contributed by atoms with Crippen molar-refractivity contribution in [3.63, 3.8) is 0 Å². The van der Waals surface area contributed by atoms with Crippen LogP contribution < -0.4 is 26.4 Å². The van der Waals surface area contributed by atoms with Gasteiger partial charge in [-0.05, 0) is 50.3 Å². The van der Waals surface area contributed by atoms with E-state index in [0.717, 1.165) is 32.2 Å². The Kier molecular flexibility index (Phi) is 7.29. The van der Waals surface area contributed by atoms with E-state index in [0.29, 0.717) is 31.1 Å². The minimum absolute atomic E-state index is 0.0526. The molecule has 2 heterocycles. The number of urea groups is 1. The number of primary amides is 1. The van der Waals surface area contributed by atoms with Crippen LogP contribution in [0.25, 0.3) is 0 Å². The van der Waals surface area contributed by atoms with Gasteiger partial charge in [0.05, 0.1) is 6.04 Å². The number of nitrogens with two attached hydrogens (primary N) is 1. The Balaban J connectivity index is 1.47. The lowest BCUT2D eigenvalue weighted by Crippen LogP contribution is -2.47. The van der Waals surface area contributed by atoms with E-state index >= 15 is 0 Å². The van der Waals surface area contributed by atoms with Crippen molar-refractivity contribution in [2.75, 3.05) is 38.1 Å². The van der Waals surface area contributed by atoms with Crippen molar-refractivity contribution >= 4 is 23.5 Å². The Morgan fingerprint density at radius 3 is 2.86 bits per heavy atom. The van der Waals surface area contributed by atoms with Gasteiger partial charge >= 0.3 is 6.03 Å². The number of hydrogen-bond acceptors (Lipinski definition) is 5. The van der Waals surface area contributed by atoms with Crippen molar-refractivity contribution in [1.82, 2.24) is 15.5 Å². The van der Waals surface area contributed by atoms with Crippen molar-refractivity contribution in [2.24, 2.45) is 11.7 Å². The highest BCUT2D eigenvalue weighted by Gasteiger charge is 2.26. The number of hydrogen-bond donors (Lipinski definition) is 4. The minimum Gasteiger partial charge on any atom is -0.484 e. The highest BCUT2D eigenvalue weighted by Crippen LogP contribution is 2.20. The van der Waals surface area contributed by atoms with Gasteiger partial charge in [0.15, 0.2) is 6.61 Å². The Hall–Kier alpha value is -2.81. The Morgan fingerprint density at radius 2 is 2.10 bits per heavy atom. The van der Waals surface area contributed by atoms with Crippen LogP contribution in [0, 0.1) is 5.92 Å². The summed E-state index contributed by atoms with van der Waals surface area (Å²) < 4.78 is 5.26. The summed E-state index contributed by atoms with van der Waals surface area (Å²) in [4.78, 5) is 37.4. The van der Waals surface area contributed by atoms with Crippen LogP contribution in [0.4, 0.5) is 10.5 Å². The molecule has 2 aliphatic heterocycles. The Morgan fingerprint density at radius 1 is 1.24 bits per heavy atom. The summed E-state index contributed by atoms with van der Waals surface area (Å²) in [7, 11) is 0. The molecule has 0 saturated carbocycles. The van der Waals surface area contributed by atoms with Crippen LogP contribution in [0.3, 0.4) is 0 Å². The molecule has 2 saturated heterocycles. The zero-order valence-electron chi connectivity index (χ0n) is 16.5. The topological polar surface area (TPSA) is 126 Å². The number of carbonyl (C=O) groups is 3. The van der Waals surface area contributed by atoms with Gasteiger partial charge < -0.3 is 31.3 Å². The van der Waals surface area contributed by atoms with E-state index in [1.54, 1.807) is 29.2 Å². The predicted molar refractivity (Wildman–Crippen MR) is 108 cm³/mol. The summed E-state index contributed by atoms with van der Waals surface area (Å²) in [6.45, 7) is 2.54. The first-order valence-corrected chi connectivity index (χ1v) is 10.1. The fourth-order valence-corrected chi connectivity index (χ4v) is 3.71. The SMILES string of the molecule is NC(=O)COc1cccc(NC(=O)N2CCCC(CNC(=O)C3CCCN3)C2)c1. The number of amides is 4. The maximum Gasteiger partial charge on any atom is 0.321 e. The summed E-state index contributed by atoms with van der Waals surface area (Å²) in [6, 6.07) is 6.56. The molecule has 5 N–H and O–H groups in total. The van der Waals surface area contributed by atoms with Gasteiger partial charge in [0.25, 0.3) is 5.91 Å². The quantitative estimate of drug-likeness (QED) is 0.532. The second-order valence-electron chi connectivity index (χ2n) is 7.56. The molecule has 9 heteroatoms. The summed E-state index contributed by atoms with van der Waals surface area (Å²) in [6.07, 6.45) is 3.80. The fraction of sp³-hybridized carbons (Fsp3) is 0.550. The molecule has 1 aromatic rings. The molecule has 1 aromatic carbocycles. The van der Waals surface area contributed by atoms with Crippen molar-refractivity contribution in [2.45, 2.75) is 31.7 Å². The smallest absolute Gasteiger partial charge is 0.321 e. The molecule has 0 aromatic heterocycles. The molecule has 29 heavy (non-hydrogen) atoms. The molecule has 0 spiro atoms. The second kappa shape index (κ2) is 10.1. The molecular formula is C20H29N5O4. The maximum absolute atomic E-state index is 12.6. The van der Waals surface area contributed by atoms with Crippen LogP contribution in [-0.4, -0.2) is 61.6 Å². The fourth-order valence-electron chi connectivity index (χ4n) is 3.71. The first-order chi connectivity index (χ1) is 14.0. The van der Waals surface area contributed by atoms with E-state index < -0.39 is 5.91 Å². The predicted octanol–water partition coefficient (Wildman–Crippen LogP) is 0.663. The molecule has 9 nitrogen and oxygen atoms in total. The number of carbonyl (C=O) groups excluding carboxylic acids is 3. The van der Waals surface area contributed by atoms with Crippen molar-refractivity contribution < 1.29 is 19.1 Å². The summed E-state index contributed by atoms with van der Waals surface area (Å²) in [5.74, 6) is 0.192. The van der Waals surface area contributed by atoms with Gasteiger partial charge in [-0.2, -0.15) is 0 Å². The first-order valence-electron chi connectivity index (χ1n) is 10.1. The molecule has 4 amide bonds. The minimum atomic E-state index is -0.561. The molecule has 0 bridgehead atoms. The average molecular weight is 403 g/mol. The van der Waals surface area contributed by atoms with Gasteiger partial charge in [0, 0.05) is 31.4 Å². The van der Waals surface area contributed by atoms with Crippen molar-refractivity contribution in [3.05, 3.63) is 24.3 Å². The zero-order chi connectivity index (χ0) is 20.6. The first kappa shape index (κ1) is 20.9. The van der Waals surface area contributed by atoms with Crippen LogP contribution in [0.15, 0.2) is 24.3 Å². The summed E-state index contributed by atoms with van der Waals surface area (Å²) in [5, 5.41) is 9.08. The molecule has 0 radical (unpaired) electrons. The number of piperidine rings is 1. The van der Waals surface area contributed by atoms with Gasteiger partial charge in [0.2, 0.25) is 5.91 Å². The van der Waals surface area contributed by atoms with Gasteiger partial charge in [-0.1, -0.05) is 6.07 Å². The van der Waals surface area contributed by atoms with E-state index in [1.165, 1.54) is 0 Å². The number of nitrogens with zero attached hydrogens (tertiary/aromatic N) is 1. The maximum atomic E-state index is 12.6. The third-order valence-electron chi connectivity index (χ3n) is 5.21. The molecular weight excluding hydrogens is 374 g/mol. The highest BCUT2D eigenvalue weighted by molar-refractivity contribution is 5.89. The highest BCUT2D eigenvalue weighted by atomic mass is 16.5. The number of nitrogens with one attached hydrogen (secondary N) is 3. The number of benzene rings is 1. The molecule has 0 aliphatic carbocycles. The standard InChI is InChI=1S/C20H29N5O4/c21-18(26)13-29-16-6-1-5-15(10-16)24-20(28)25-9-3-4-14(12-25)11-23-19(27)17-7-2-8-22-17/h1,5-6,10,14,17,22H,2-4,7-9,11-13H2,(H2,21,26)(H,23,27)(H,24,28). The largest absolute Gasteiger partial charge is 0.484 e. The molecule has 2 aliphatic rings. The molecule has 2 fully saturated rings. The lowest BCUT2D eigenvalue weighted by atomic mass is 9.98. The van der Waals surface area contributed by atoms with Crippen molar-refractivity contribution in [1.29, 1.82) is 0 Å². The van der Waals surface area contributed by atoms with Gasteiger partial charge in [-0.25, -0.2) is 4.79 Å². The summed E-state index contributed by atoms with van der Waals surface area (Å²) >= 11 is 0. The number of rotatable bonds is 7. The lowest BCUT2D eigenvalue weighted by molar-refractivity contribution is -0.123. The summed E-state index contributed by atoms with van der Waals surface area (Å²) in [5.41, 5.74) is 5.66. The lowest BCUT2D eigenvalue weighted by Gasteiger charge is -2.33. The van der Waals surface area contributed by atoms with Crippen LogP contribution in [0.2, 0.25) is 0 Å². The van der Waals surface area contributed by atoms with Crippen LogP contribution >= 0.6 is 0 Å². The normalized spacial score (nSPS) is 21.4. The van der Waals surface area contributed by atoms with E-state index in [2.05, 4.69) is 16.0 Å². The van der Waals surface area contributed by atoms with Gasteiger partial charge in [0.1, 0.15) is 5.75 Å². The molecule has 2 unspecified atom stereocenters. The van der Waals surface area contributed by atoms with Crippen LogP contribution in [-0.2, 0) is 9.59 Å². The number of ether oxygens (including phenoxy) is 1. The Labute approximate surface area is 170 Å². The average Bonchev–Trinajstić information content (AvgIpc) is 3.26. The molecule has 158 valence electrons. The van der Waals surface area contributed by atoms with E-state index in [4.69, 9.17) is 10.5 Å². The molecule has 2 atom stereocenters. The van der Waals surface area contributed by atoms with E-state index in [1.807, 2.05) is 0 Å². The van der Waals surface area contributed by atoms with E-state index in [9.17, 15) is 14.4 Å². The third-order valence-corrected chi connectivity index (χ3v) is 5.21. The van der Waals surface area contributed by atoms with E-state index in [-0.39, 0.29) is 30.5 Å².